The van der Waals surface area contributed by atoms with Crippen molar-refractivity contribution in [1.29, 1.82) is 0 Å². The second kappa shape index (κ2) is 8.24. The smallest absolute Gasteiger partial charge is 0.307 e. The summed E-state index contributed by atoms with van der Waals surface area (Å²) in [6.45, 7) is 2.00. The third-order valence-electron chi connectivity index (χ3n) is 2.54. The van der Waals surface area contributed by atoms with Crippen molar-refractivity contribution in [1.82, 2.24) is 4.72 Å². The quantitative estimate of drug-likeness (QED) is 0.584. The summed E-state index contributed by atoms with van der Waals surface area (Å²) >= 11 is 5.62. The standard InChI is InChI=1S/C13H18ClNO4S/c1-2-19-13(16)8-10-15-20(17,18)12-5-3-11(4-6-12)7-9-14/h3-6,15H,2,7-10H2,1H3. The van der Waals surface area contributed by atoms with Crippen molar-refractivity contribution in [3.63, 3.8) is 0 Å². The zero-order valence-electron chi connectivity index (χ0n) is 11.3. The minimum Gasteiger partial charge on any atom is -0.466 e. The molecule has 20 heavy (non-hydrogen) atoms. The molecule has 0 saturated heterocycles. The second-order valence-electron chi connectivity index (χ2n) is 4.04. The molecule has 1 aromatic rings. The molecule has 0 aliphatic heterocycles. The average Bonchev–Trinajstić information content (AvgIpc) is 2.40. The largest absolute Gasteiger partial charge is 0.466 e. The van der Waals surface area contributed by atoms with Gasteiger partial charge in [0, 0.05) is 12.4 Å². The molecule has 1 N–H and O–H groups in total. The van der Waals surface area contributed by atoms with Gasteiger partial charge in [-0.3, -0.25) is 4.79 Å². The number of hydrogen-bond donors (Lipinski definition) is 1. The Labute approximate surface area is 124 Å². The lowest BCUT2D eigenvalue weighted by molar-refractivity contribution is -0.142. The van der Waals surface area contributed by atoms with Crippen molar-refractivity contribution in [2.24, 2.45) is 0 Å². The summed E-state index contributed by atoms with van der Waals surface area (Å²) in [5.41, 5.74) is 0.977. The van der Waals surface area contributed by atoms with Gasteiger partial charge in [0.05, 0.1) is 17.9 Å². The number of ether oxygens (including phenoxy) is 1. The molecule has 0 bridgehead atoms. The van der Waals surface area contributed by atoms with E-state index in [-0.39, 0.29) is 24.5 Å². The minimum atomic E-state index is -3.59. The number of sulfonamides is 1. The molecule has 0 heterocycles. The van der Waals surface area contributed by atoms with Crippen molar-refractivity contribution in [2.75, 3.05) is 19.0 Å². The first-order valence-corrected chi connectivity index (χ1v) is 8.31. The zero-order chi connectivity index (χ0) is 15.0. The number of carbonyl (C=O) groups is 1. The number of esters is 1. The summed E-state index contributed by atoms with van der Waals surface area (Å²) in [4.78, 5) is 11.3. The first-order valence-electron chi connectivity index (χ1n) is 6.29. The Morgan fingerprint density at radius 1 is 1.30 bits per heavy atom. The van der Waals surface area contributed by atoms with Gasteiger partial charge < -0.3 is 4.74 Å². The van der Waals surface area contributed by atoms with Crippen LogP contribution in [-0.2, 0) is 26.0 Å². The number of alkyl halides is 1. The van der Waals surface area contributed by atoms with E-state index >= 15 is 0 Å². The SMILES string of the molecule is CCOC(=O)CCNS(=O)(=O)c1ccc(CCCl)cc1. The first-order chi connectivity index (χ1) is 9.49. The first kappa shape index (κ1) is 16.9. The van der Waals surface area contributed by atoms with Crippen molar-refractivity contribution < 1.29 is 17.9 Å². The average molecular weight is 320 g/mol. The summed E-state index contributed by atoms with van der Waals surface area (Å²) < 4.78 is 31.0. The van der Waals surface area contributed by atoms with Gasteiger partial charge in [0.15, 0.2) is 0 Å². The molecule has 0 radical (unpaired) electrons. The normalized spacial score (nSPS) is 11.3. The monoisotopic (exact) mass is 319 g/mol. The summed E-state index contributed by atoms with van der Waals surface area (Å²) in [5.74, 6) is 0.0665. The Hall–Kier alpha value is -1.11. The van der Waals surface area contributed by atoms with Crippen molar-refractivity contribution in [2.45, 2.75) is 24.7 Å². The molecular formula is C13H18ClNO4S. The summed E-state index contributed by atoms with van der Waals surface area (Å²) in [6.07, 6.45) is 0.704. The summed E-state index contributed by atoms with van der Waals surface area (Å²) in [6, 6.07) is 6.49. The van der Waals surface area contributed by atoms with Crippen LogP contribution in [0.15, 0.2) is 29.2 Å². The number of carbonyl (C=O) groups excluding carboxylic acids is 1. The van der Waals surface area contributed by atoms with Crippen LogP contribution in [0.5, 0.6) is 0 Å². The van der Waals surface area contributed by atoms with Crippen molar-refractivity contribution in [3.8, 4) is 0 Å². The Morgan fingerprint density at radius 3 is 2.50 bits per heavy atom. The molecule has 0 fully saturated rings. The number of rotatable bonds is 8. The van der Waals surface area contributed by atoms with Crippen LogP contribution in [0.2, 0.25) is 0 Å². The number of nitrogens with one attached hydrogen (secondary N) is 1. The highest BCUT2D eigenvalue weighted by atomic mass is 35.5. The maximum absolute atomic E-state index is 12.0. The predicted octanol–water partition coefficient (Wildman–Crippen LogP) is 1.70. The van der Waals surface area contributed by atoms with Gasteiger partial charge >= 0.3 is 5.97 Å². The van der Waals surface area contributed by atoms with E-state index in [9.17, 15) is 13.2 Å². The third-order valence-corrected chi connectivity index (χ3v) is 4.21. The summed E-state index contributed by atoms with van der Waals surface area (Å²) in [5, 5.41) is 0. The number of aryl methyl sites for hydroxylation is 1. The van der Waals surface area contributed by atoms with E-state index in [1.807, 2.05) is 0 Å². The van der Waals surface area contributed by atoms with Gasteiger partial charge in [0.1, 0.15) is 0 Å². The Balaban J connectivity index is 2.57. The van der Waals surface area contributed by atoms with E-state index in [1.165, 1.54) is 12.1 Å². The van der Waals surface area contributed by atoms with Crippen molar-refractivity contribution >= 4 is 27.6 Å². The van der Waals surface area contributed by atoms with Gasteiger partial charge in [-0.2, -0.15) is 0 Å². The van der Waals surface area contributed by atoms with Crippen LogP contribution < -0.4 is 4.72 Å². The number of benzene rings is 1. The highest BCUT2D eigenvalue weighted by molar-refractivity contribution is 7.89. The van der Waals surface area contributed by atoms with Crippen LogP contribution in [0.3, 0.4) is 0 Å². The predicted molar refractivity (Wildman–Crippen MR) is 77.3 cm³/mol. The molecular weight excluding hydrogens is 302 g/mol. The van der Waals surface area contributed by atoms with E-state index in [0.29, 0.717) is 12.3 Å². The van der Waals surface area contributed by atoms with E-state index < -0.39 is 16.0 Å². The maximum Gasteiger partial charge on any atom is 0.307 e. The lowest BCUT2D eigenvalue weighted by Crippen LogP contribution is -2.26. The van der Waals surface area contributed by atoms with E-state index in [0.717, 1.165) is 5.56 Å². The van der Waals surface area contributed by atoms with Gasteiger partial charge in [0.25, 0.3) is 0 Å². The highest BCUT2D eigenvalue weighted by Crippen LogP contribution is 2.11. The van der Waals surface area contributed by atoms with Crippen LogP contribution in [-0.4, -0.2) is 33.4 Å². The fourth-order valence-electron chi connectivity index (χ4n) is 1.55. The lowest BCUT2D eigenvalue weighted by atomic mass is 10.2. The molecule has 1 aromatic carbocycles. The third kappa shape index (κ3) is 5.48. The minimum absolute atomic E-state index is 0.0113. The zero-order valence-corrected chi connectivity index (χ0v) is 12.8. The van der Waals surface area contributed by atoms with Crippen LogP contribution in [0.1, 0.15) is 18.9 Å². The summed E-state index contributed by atoms with van der Waals surface area (Å²) in [7, 11) is -3.59. The van der Waals surface area contributed by atoms with Crippen molar-refractivity contribution in [3.05, 3.63) is 29.8 Å². The molecule has 0 aliphatic carbocycles. The molecule has 0 aliphatic rings. The number of hydrogen-bond acceptors (Lipinski definition) is 4. The van der Waals surface area contributed by atoms with Gasteiger partial charge in [0.2, 0.25) is 10.0 Å². The van der Waals surface area contributed by atoms with Gasteiger partial charge in [-0.25, -0.2) is 13.1 Å². The van der Waals surface area contributed by atoms with Crippen LogP contribution in [0.25, 0.3) is 0 Å². The molecule has 0 saturated carbocycles. The van der Waals surface area contributed by atoms with Gasteiger partial charge in [-0.1, -0.05) is 12.1 Å². The molecule has 1 rings (SSSR count). The topological polar surface area (TPSA) is 72.5 Å². The van der Waals surface area contributed by atoms with Gasteiger partial charge in [-0.05, 0) is 31.0 Å². The Bertz CT molecular complexity index is 528. The molecule has 5 nitrogen and oxygen atoms in total. The van der Waals surface area contributed by atoms with E-state index in [2.05, 4.69) is 4.72 Å². The fraction of sp³-hybridized carbons (Fsp3) is 0.462. The molecule has 0 aromatic heterocycles. The van der Waals surface area contributed by atoms with Gasteiger partial charge in [-0.15, -0.1) is 11.6 Å². The molecule has 0 amide bonds. The van der Waals surface area contributed by atoms with E-state index in [4.69, 9.17) is 16.3 Å². The molecule has 7 heteroatoms. The fourth-order valence-corrected chi connectivity index (χ4v) is 2.80. The van der Waals surface area contributed by atoms with Crippen LogP contribution >= 0.6 is 11.6 Å². The molecule has 0 atom stereocenters. The Kier molecular flexibility index (Phi) is 6.98. The van der Waals surface area contributed by atoms with E-state index in [1.54, 1.807) is 19.1 Å². The molecule has 0 spiro atoms. The second-order valence-corrected chi connectivity index (χ2v) is 6.18. The molecule has 0 unspecified atom stereocenters. The highest BCUT2D eigenvalue weighted by Gasteiger charge is 2.14. The maximum atomic E-state index is 12.0. The number of halogens is 1. The molecule has 112 valence electrons. The van der Waals surface area contributed by atoms with Crippen LogP contribution in [0, 0.1) is 0 Å². The lowest BCUT2D eigenvalue weighted by Gasteiger charge is -2.07. The Morgan fingerprint density at radius 2 is 1.95 bits per heavy atom. The van der Waals surface area contributed by atoms with Crippen LogP contribution in [0.4, 0.5) is 0 Å².